The predicted molar refractivity (Wildman–Crippen MR) is 137 cm³/mol. The number of carbonyl (C=O) groups excluding carboxylic acids is 1. The van der Waals surface area contributed by atoms with E-state index >= 15 is 4.39 Å². The smallest absolute Gasteiger partial charge is 0.254 e. The molecule has 0 bridgehead atoms. The largest absolute Gasteiger partial charge is 0.382 e. The summed E-state index contributed by atoms with van der Waals surface area (Å²) in [5.41, 5.74) is 8.07. The standard InChI is InChI=1S/C26H28BrF2N5O2/c1-2-31-13-22(17-9-18(27)12-19(28)10-17)34-26(35)20-4-3-16(11-21(20)29)24-25(30)32-14-23(33-24)15-5-7-36-8-6-15/h3-4,9-12,14-15,22,31H,2,5-8,13H2,1H3,(H2,30,32)(H,34,35). The Morgan fingerprint density at radius 2 is 2.00 bits per heavy atom. The van der Waals surface area contributed by atoms with Gasteiger partial charge in [-0.3, -0.25) is 4.79 Å². The van der Waals surface area contributed by atoms with Crippen LogP contribution in [0.25, 0.3) is 11.3 Å². The zero-order valence-corrected chi connectivity index (χ0v) is 21.4. The van der Waals surface area contributed by atoms with Crippen LogP contribution in [-0.4, -0.2) is 42.2 Å². The van der Waals surface area contributed by atoms with Crippen molar-refractivity contribution in [2.75, 3.05) is 32.0 Å². The Morgan fingerprint density at radius 1 is 1.22 bits per heavy atom. The second kappa shape index (κ2) is 11.9. The van der Waals surface area contributed by atoms with E-state index in [9.17, 15) is 9.18 Å². The number of hydrogen-bond donors (Lipinski definition) is 3. The average molecular weight is 560 g/mol. The third-order valence-corrected chi connectivity index (χ3v) is 6.60. The highest BCUT2D eigenvalue weighted by Crippen LogP contribution is 2.30. The maximum absolute atomic E-state index is 15.2. The molecule has 1 saturated heterocycles. The molecule has 1 aliphatic heterocycles. The fourth-order valence-electron chi connectivity index (χ4n) is 4.21. The maximum Gasteiger partial charge on any atom is 0.254 e. The lowest BCUT2D eigenvalue weighted by molar-refractivity contribution is 0.0844. The van der Waals surface area contributed by atoms with Crippen molar-refractivity contribution in [1.82, 2.24) is 20.6 Å². The summed E-state index contributed by atoms with van der Waals surface area (Å²) < 4.78 is 35.1. The Labute approximate surface area is 217 Å². The summed E-state index contributed by atoms with van der Waals surface area (Å²) in [5, 5.41) is 5.95. The Bertz CT molecular complexity index is 1220. The number of amides is 1. The molecule has 4 rings (SSSR count). The predicted octanol–water partition coefficient (Wildman–Crippen LogP) is 4.74. The van der Waals surface area contributed by atoms with Gasteiger partial charge >= 0.3 is 0 Å². The Balaban J connectivity index is 1.57. The van der Waals surface area contributed by atoms with Crippen molar-refractivity contribution in [2.45, 2.75) is 31.7 Å². The number of ether oxygens (including phenoxy) is 1. The summed E-state index contributed by atoms with van der Waals surface area (Å²) in [5.74, 6) is -1.38. The van der Waals surface area contributed by atoms with Crippen molar-refractivity contribution >= 4 is 27.7 Å². The molecule has 1 amide bonds. The maximum atomic E-state index is 15.2. The van der Waals surface area contributed by atoms with Gasteiger partial charge in [0.2, 0.25) is 0 Å². The van der Waals surface area contributed by atoms with Crippen molar-refractivity contribution < 1.29 is 18.3 Å². The number of benzene rings is 2. The number of carbonyl (C=O) groups is 1. The van der Waals surface area contributed by atoms with Crippen molar-refractivity contribution in [3.05, 3.63) is 75.5 Å². The van der Waals surface area contributed by atoms with Crippen molar-refractivity contribution in [3.8, 4) is 11.3 Å². The second-order valence-electron chi connectivity index (χ2n) is 8.65. The summed E-state index contributed by atoms with van der Waals surface area (Å²) in [4.78, 5) is 21.9. The van der Waals surface area contributed by atoms with E-state index in [1.165, 1.54) is 24.3 Å². The van der Waals surface area contributed by atoms with Crippen LogP contribution >= 0.6 is 15.9 Å². The molecule has 190 valence electrons. The van der Waals surface area contributed by atoms with Crippen LogP contribution in [-0.2, 0) is 4.74 Å². The lowest BCUT2D eigenvalue weighted by Gasteiger charge is -2.22. The quantitative estimate of drug-likeness (QED) is 0.368. The van der Waals surface area contributed by atoms with E-state index in [2.05, 4.69) is 36.5 Å². The summed E-state index contributed by atoms with van der Waals surface area (Å²) in [6, 6.07) is 8.07. The number of nitrogen functional groups attached to an aromatic ring is 1. The minimum absolute atomic E-state index is 0.136. The molecule has 36 heavy (non-hydrogen) atoms. The van der Waals surface area contributed by atoms with E-state index in [-0.39, 0.29) is 17.3 Å². The molecule has 3 aromatic rings. The first-order chi connectivity index (χ1) is 17.4. The second-order valence-corrected chi connectivity index (χ2v) is 9.56. The molecule has 7 nitrogen and oxygen atoms in total. The van der Waals surface area contributed by atoms with Gasteiger partial charge in [-0.25, -0.2) is 18.7 Å². The number of aromatic nitrogens is 2. The zero-order chi connectivity index (χ0) is 25.7. The van der Waals surface area contributed by atoms with Gasteiger partial charge in [-0.15, -0.1) is 0 Å². The van der Waals surface area contributed by atoms with Gasteiger partial charge in [0.25, 0.3) is 5.91 Å². The molecule has 1 unspecified atom stereocenters. The SMILES string of the molecule is CCNCC(NC(=O)c1ccc(-c2nc(C3CCOCC3)cnc2N)cc1F)c1cc(F)cc(Br)c1. The van der Waals surface area contributed by atoms with E-state index in [4.69, 9.17) is 10.5 Å². The third kappa shape index (κ3) is 6.24. The number of likely N-dealkylation sites (N-methyl/N-ethyl adjacent to an activating group) is 1. The topological polar surface area (TPSA) is 102 Å². The van der Waals surface area contributed by atoms with Gasteiger partial charge in [-0.2, -0.15) is 0 Å². The molecule has 0 saturated carbocycles. The number of halogens is 3. The van der Waals surface area contributed by atoms with Crippen LogP contribution in [0.5, 0.6) is 0 Å². The van der Waals surface area contributed by atoms with Crippen LogP contribution < -0.4 is 16.4 Å². The molecular formula is C26H28BrF2N5O2. The van der Waals surface area contributed by atoms with E-state index in [0.29, 0.717) is 47.6 Å². The van der Waals surface area contributed by atoms with E-state index in [1.807, 2.05) is 6.92 Å². The first-order valence-corrected chi connectivity index (χ1v) is 12.6. The minimum Gasteiger partial charge on any atom is -0.382 e. The van der Waals surface area contributed by atoms with Crippen LogP contribution in [0.15, 0.2) is 47.1 Å². The molecule has 1 aliphatic rings. The van der Waals surface area contributed by atoms with Crippen molar-refractivity contribution in [3.63, 3.8) is 0 Å². The zero-order valence-electron chi connectivity index (χ0n) is 19.9. The Kier molecular flexibility index (Phi) is 8.60. The number of nitrogens with two attached hydrogens (primary N) is 1. The molecular weight excluding hydrogens is 532 g/mol. The van der Waals surface area contributed by atoms with Crippen molar-refractivity contribution in [1.29, 1.82) is 0 Å². The van der Waals surface area contributed by atoms with Gasteiger partial charge < -0.3 is 21.1 Å². The number of anilines is 1. The average Bonchev–Trinajstić information content (AvgIpc) is 2.86. The molecule has 0 aliphatic carbocycles. The lowest BCUT2D eigenvalue weighted by atomic mass is 9.96. The van der Waals surface area contributed by atoms with Crippen molar-refractivity contribution in [2.24, 2.45) is 0 Å². The molecule has 10 heteroatoms. The number of rotatable bonds is 8. The molecule has 1 aromatic heterocycles. The molecule has 2 aromatic carbocycles. The monoisotopic (exact) mass is 559 g/mol. The summed E-state index contributed by atoms with van der Waals surface area (Å²) in [6.45, 7) is 4.24. The Morgan fingerprint density at radius 3 is 2.69 bits per heavy atom. The van der Waals surface area contributed by atoms with Gasteiger partial charge in [0.15, 0.2) is 0 Å². The molecule has 1 fully saturated rings. The normalized spacial score (nSPS) is 15.0. The van der Waals surface area contributed by atoms with Gasteiger partial charge in [-0.05, 0) is 55.3 Å². The fourth-order valence-corrected chi connectivity index (χ4v) is 4.70. The summed E-state index contributed by atoms with van der Waals surface area (Å²) in [7, 11) is 0. The van der Waals surface area contributed by atoms with Crippen LogP contribution in [0.3, 0.4) is 0 Å². The van der Waals surface area contributed by atoms with Crippen LogP contribution in [0.4, 0.5) is 14.6 Å². The first kappa shape index (κ1) is 26.1. The van der Waals surface area contributed by atoms with E-state index in [1.54, 1.807) is 18.3 Å². The third-order valence-electron chi connectivity index (χ3n) is 6.14. The molecule has 4 N–H and O–H groups in total. The molecule has 1 atom stereocenters. The minimum atomic E-state index is -0.717. The Hall–Kier alpha value is -2.95. The fraction of sp³-hybridized carbons (Fsp3) is 0.346. The molecule has 0 radical (unpaired) electrons. The van der Waals surface area contributed by atoms with Crippen LogP contribution in [0.2, 0.25) is 0 Å². The van der Waals surface area contributed by atoms with E-state index in [0.717, 1.165) is 18.5 Å². The van der Waals surface area contributed by atoms with Gasteiger partial charge in [0, 0.05) is 35.7 Å². The summed E-state index contributed by atoms with van der Waals surface area (Å²) in [6.07, 6.45) is 3.32. The van der Waals surface area contributed by atoms with Gasteiger partial charge in [-0.1, -0.05) is 28.9 Å². The number of nitrogens with one attached hydrogen (secondary N) is 2. The molecule has 0 spiro atoms. The van der Waals surface area contributed by atoms with Gasteiger partial charge in [0.1, 0.15) is 23.1 Å². The number of nitrogens with zero attached hydrogens (tertiary/aromatic N) is 2. The highest BCUT2D eigenvalue weighted by atomic mass is 79.9. The van der Waals surface area contributed by atoms with E-state index < -0.39 is 23.6 Å². The lowest BCUT2D eigenvalue weighted by Crippen LogP contribution is -2.36. The van der Waals surface area contributed by atoms with Gasteiger partial charge in [0.05, 0.1) is 23.5 Å². The first-order valence-electron chi connectivity index (χ1n) is 11.8. The van der Waals surface area contributed by atoms with Crippen LogP contribution in [0, 0.1) is 11.6 Å². The van der Waals surface area contributed by atoms with Crippen LogP contribution in [0.1, 0.15) is 53.3 Å². The highest BCUT2D eigenvalue weighted by molar-refractivity contribution is 9.10. The highest BCUT2D eigenvalue weighted by Gasteiger charge is 2.22. The number of hydrogen-bond acceptors (Lipinski definition) is 6. The summed E-state index contributed by atoms with van der Waals surface area (Å²) >= 11 is 3.28. The molecule has 2 heterocycles.